The number of benzene rings is 1. The van der Waals surface area contributed by atoms with E-state index in [2.05, 4.69) is 9.88 Å². The van der Waals surface area contributed by atoms with Gasteiger partial charge in [-0.2, -0.15) is 0 Å². The maximum atomic E-state index is 8.93. The number of rotatable bonds is 3. The Morgan fingerprint density at radius 1 is 1.17 bits per heavy atom. The molecule has 18 heavy (non-hydrogen) atoms. The van der Waals surface area contributed by atoms with Gasteiger partial charge in [-0.25, -0.2) is 0 Å². The van der Waals surface area contributed by atoms with Crippen LogP contribution in [0.5, 0.6) is 11.5 Å². The maximum absolute atomic E-state index is 8.93. The van der Waals surface area contributed by atoms with Crippen LogP contribution in [0.2, 0.25) is 0 Å². The minimum Gasteiger partial charge on any atom is -0.494 e. The van der Waals surface area contributed by atoms with Crippen LogP contribution in [0, 0.1) is 5.39 Å². The predicted octanol–water partition coefficient (Wildman–Crippen LogP) is 2.02. The SMILES string of the molecule is COc1cc(N2CCOCC2)c(OC)cc1[N+]#N. The molecule has 1 fully saturated rings. The van der Waals surface area contributed by atoms with Gasteiger partial charge in [-0.1, -0.05) is 0 Å². The maximum Gasteiger partial charge on any atom is 0.430 e. The number of hydrogen-bond donors (Lipinski definition) is 0. The summed E-state index contributed by atoms with van der Waals surface area (Å²) in [7, 11) is 3.13. The molecule has 1 aromatic carbocycles. The van der Waals surface area contributed by atoms with Crippen LogP contribution in [-0.4, -0.2) is 40.5 Å². The van der Waals surface area contributed by atoms with Gasteiger partial charge in [-0.3, -0.25) is 0 Å². The van der Waals surface area contributed by atoms with Gasteiger partial charge < -0.3 is 19.1 Å². The van der Waals surface area contributed by atoms with Crippen LogP contribution < -0.4 is 14.4 Å². The Bertz CT molecular complexity index is 464. The molecule has 0 aromatic heterocycles. The summed E-state index contributed by atoms with van der Waals surface area (Å²) in [5.74, 6) is 1.17. The van der Waals surface area contributed by atoms with E-state index in [1.807, 2.05) is 6.07 Å². The van der Waals surface area contributed by atoms with Gasteiger partial charge in [0.2, 0.25) is 11.1 Å². The Kier molecular flexibility index (Phi) is 3.85. The van der Waals surface area contributed by atoms with E-state index in [4.69, 9.17) is 19.6 Å². The zero-order valence-corrected chi connectivity index (χ0v) is 10.5. The first-order valence-electron chi connectivity index (χ1n) is 5.74. The van der Waals surface area contributed by atoms with Crippen molar-refractivity contribution in [2.45, 2.75) is 0 Å². The summed E-state index contributed by atoms with van der Waals surface area (Å²) in [6, 6.07) is 3.48. The number of diazo groups is 1. The number of ether oxygens (including phenoxy) is 3. The summed E-state index contributed by atoms with van der Waals surface area (Å²) in [6.45, 7) is 2.99. The molecule has 0 radical (unpaired) electrons. The molecular formula is C12H16N3O3+. The minimum atomic E-state index is 0.353. The second kappa shape index (κ2) is 5.56. The normalized spacial score (nSPS) is 15.1. The Morgan fingerprint density at radius 2 is 1.83 bits per heavy atom. The van der Waals surface area contributed by atoms with Crippen LogP contribution in [0.15, 0.2) is 12.1 Å². The zero-order valence-electron chi connectivity index (χ0n) is 10.5. The van der Waals surface area contributed by atoms with E-state index in [1.54, 1.807) is 20.3 Å². The van der Waals surface area contributed by atoms with Crippen molar-refractivity contribution in [2.24, 2.45) is 0 Å². The smallest absolute Gasteiger partial charge is 0.430 e. The van der Waals surface area contributed by atoms with Crippen LogP contribution in [0.25, 0.3) is 4.98 Å². The first-order chi connectivity index (χ1) is 8.80. The third-order valence-electron chi connectivity index (χ3n) is 2.94. The number of methoxy groups -OCH3 is 2. The minimum absolute atomic E-state index is 0.353. The molecule has 0 spiro atoms. The molecule has 0 bridgehead atoms. The quantitative estimate of drug-likeness (QED) is 0.768. The molecule has 96 valence electrons. The molecule has 6 nitrogen and oxygen atoms in total. The number of anilines is 1. The summed E-state index contributed by atoms with van der Waals surface area (Å²) >= 11 is 0. The van der Waals surface area contributed by atoms with Crippen molar-refractivity contribution in [3.8, 4) is 11.5 Å². The third kappa shape index (κ3) is 2.31. The second-order valence-corrected chi connectivity index (χ2v) is 3.90. The molecule has 0 aliphatic carbocycles. The van der Waals surface area contributed by atoms with Gasteiger partial charge in [0.1, 0.15) is 0 Å². The summed E-state index contributed by atoms with van der Waals surface area (Å²) in [5.41, 5.74) is 1.27. The number of morpholine rings is 1. The van der Waals surface area contributed by atoms with Gasteiger partial charge in [0.15, 0.2) is 10.7 Å². The molecule has 1 aliphatic rings. The van der Waals surface area contributed by atoms with Gasteiger partial charge >= 0.3 is 5.69 Å². The summed E-state index contributed by atoms with van der Waals surface area (Å²) in [4.78, 5) is 5.35. The highest BCUT2D eigenvalue weighted by atomic mass is 16.5. The van der Waals surface area contributed by atoms with Gasteiger partial charge in [-0.15, -0.1) is 0 Å². The zero-order chi connectivity index (χ0) is 13.0. The summed E-state index contributed by atoms with van der Waals surface area (Å²) in [5, 5.41) is 8.93. The fourth-order valence-corrected chi connectivity index (χ4v) is 2.00. The van der Waals surface area contributed by atoms with E-state index >= 15 is 0 Å². The van der Waals surface area contributed by atoms with Crippen molar-refractivity contribution >= 4 is 11.4 Å². The van der Waals surface area contributed by atoms with E-state index in [9.17, 15) is 0 Å². The monoisotopic (exact) mass is 250 g/mol. The lowest BCUT2D eigenvalue weighted by Crippen LogP contribution is -2.36. The number of nitrogens with zero attached hydrogens (tertiary/aromatic N) is 3. The lowest BCUT2D eigenvalue weighted by Gasteiger charge is -2.29. The summed E-state index contributed by atoms with van der Waals surface area (Å²) < 4.78 is 15.9. The highest BCUT2D eigenvalue weighted by molar-refractivity contribution is 5.72. The van der Waals surface area contributed by atoms with E-state index in [0.29, 0.717) is 30.4 Å². The van der Waals surface area contributed by atoms with E-state index in [0.717, 1.165) is 18.8 Å². The molecule has 1 aliphatic heterocycles. The molecule has 6 heteroatoms. The van der Waals surface area contributed by atoms with Gasteiger partial charge in [-0.05, 0) is 0 Å². The molecule has 0 saturated carbocycles. The van der Waals surface area contributed by atoms with Crippen LogP contribution in [-0.2, 0) is 4.74 Å². The van der Waals surface area contributed by atoms with E-state index < -0.39 is 0 Å². The predicted molar refractivity (Wildman–Crippen MR) is 67.3 cm³/mol. The molecule has 0 unspecified atom stereocenters. The first kappa shape index (κ1) is 12.5. The average Bonchev–Trinajstić information content (AvgIpc) is 2.46. The lowest BCUT2D eigenvalue weighted by atomic mass is 10.2. The first-order valence-corrected chi connectivity index (χ1v) is 5.74. The molecule has 0 atom stereocenters. The average molecular weight is 250 g/mol. The van der Waals surface area contributed by atoms with Crippen LogP contribution in [0.4, 0.5) is 11.4 Å². The van der Waals surface area contributed by atoms with Crippen molar-refractivity contribution in [1.82, 2.24) is 0 Å². The Hall–Kier alpha value is -2.00. The lowest BCUT2D eigenvalue weighted by molar-refractivity contribution is 0.122. The van der Waals surface area contributed by atoms with Crippen molar-refractivity contribution in [3.63, 3.8) is 0 Å². The van der Waals surface area contributed by atoms with Crippen molar-refractivity contribution in [1.29, 1.82) is 5.39 Å². The van der Waals surface area contributed by atoms with Gasteiger partial charge in [0.25, 0.3) is 0 Å². The largest absolute Gasteiger partial charge is 0.494 e. The second-order valence-electron chi connectivity index (χ2n) is 3.90. The molecule has 0 N–H and O–H groups in total. The molecular weight excluding hydrogens is 234 g/mol. The Balaban J connectivity index is 2.41. The molecule has 1 aromatic rings. The topological polar surface area (TPSA) is 59.1 Å². The van der Waals surface area contributed by atoms with Crippen LogP contribution in [0.3, 0.4) is 0 Å². The summed E-state index contributed by atoms with van der Waals surface area (Å²) in [6.07, 6.45) is 0. The van der Waals surface area contributed by atoms with Crippen LogP contribution >= 0.6 is 0 Å². The Morgan fingerprint density at radius 3 is 2.39 bits per heavy atom. The van der Waals surface area contributed by atoms with Crippen molar-refractivity contribution in [2.75, 3.05) is 45.4 Å². The standard InChI is InChI=1S/C12H16N3O3/c1-16-11-8-10(15-3-5-18-6-4-15)12(17-2)7-9(11)14-13/h7-8H,3-6H2,1-2H3/q+1. The van der Waals surface area contributed by atoms with Gasteiger partial charge in [0.05, 0.1) is 39.2 Å². The van der Waals surface area contributed by atoms with E-state index in [-0.39, 0.29) is 0 Å². The fraction of sp³-hybridized carbons (Fsp3) is 0.500. The molecule has 2 rings (SSSR count). The van der Waals surface area contributed by atoms with Crippen molar-refractivity contribution < 1.29 is 14.2 Å². The molecule has 0 amide bonds. The molecule has 1 saturated heterocycles. The highest BCUT2D eigenvalue weighted by Crippen LogP contribution is 2.40. The highest BCUT2D eigenvalue weighted by Gasteiger charge is 2.23. The number of hydrogen-bond acceptors (Lipinski definition) is 5. The van der Waals surface area contributed by atoms with Crippen molar-refractivity contribution in [3.05, 3.63) is 17.1 Å². The van der Waals surface area contributed by atoms with Gasteiger partial charge in [0, 0.05) is 19.2 Å². The van der Waals surface area contributed by atoms with E-state index in [1.165, 1.54) is 0 Å². The fourth-order valence-electron chi connectivity index (χ4n) is 2.00. The molecule has 1 heterocycles. The van der Waals surface area contributed by atoms with Crippen LogP contribution in [0.1, 0.15) is 0 Å². The third-order valence-corrected chi connectivity index (χ3v) is 2.94. The Labute approximate surface area is 106 Å².